The van der Waals surface area contributed by atoms with Gasteiger partial charge in [0, 0.05) is 44.7 Å². The minimum Gasteiger partial charge on any atom is -0.481 e. The van der Waals surface area contributed by atoms with Gasteiger partial charge in [0.25, 0.3) is 0 Å². The molecule has 0 aliphatic carbocycles. The zero-order chi connectivity index (χ0) is 28.2. The summed E-state index contributed by atoms with van der Waals surface area (Å²) < 4.78 is 0. The maximum atomic E-state index is 12.3. The SMILES string of the molecule is CCN(CC(=O)NCC(O)CO)C(CO)CNCC(CO)N(CCCC(=O)O)CC(=O)NCC(O)CO. The van der Waals surface area contributed by atoms with Gasteiger partial charge in [0.2, 0.25) is 11.8 Å². The lowest BCUT2D eigenvalue weighted by molar-refractivity contribution is -0.137. The van der Waals surface area contributed by atoms with E-state index in [9.17, 15) is 34.8 Å². The van der Waals surface area contributed by atoms with E-state index >= 15 is 0 Å². The second-order valence-electron chi connectivity index (χ2n) is 8.64. The van der Waals surface area contributed by atoms with Crippen LogP contribution in [0, 0.1) is 0 Å². The van der Waals surface area contributed by atoms with Crippen LogP contribution in [0.4, 0.5) is 0 Å². The monoisotopic (exact) mass is 539 g/mol. The van der Waals surface area contributed by atoms with Crippen molar-refractivity contribution < 1.29 is 50.1 Å². The average molecular weight is 540 g/mol. The fourth-order valence-electron chi connectivity index (χ4n) is 3.43. The van der Waals surface area contributed by atoms with Crippen LogP contribution in [0.25, 0.3) is 0 Å². The number of aliphatic hydroxyl groups is 6. The van der Waals surface area contributed by atoms with Crippen molar-refractivity contribution in [1.82, 2.24) is 25.8 Å². The van der Waals surface area contributed by atoms with Crippen LogP contribution < -0.4 is 16.0 Å². The number of carbonyl (C=O) groups excluding carboxylic acids is 2. The number of rotatable bonds is 23. The van der Waals surface area contributed by atoms with Crippen LogP contribution in [0.5, 0.6) is 0 Å². The Labute approximate surface area is 217 Å². The number of nitrogens with zero attached hydrogens (tertiary/aromatic N) is 2. The zero-order valence-corrected chi connectivity index (χ0v) is 21.5. The third-order valence-corrected chi connectivity index (χ3v) is 5.64. The van der Waals surface area contributed by atoms with E-state index in [2.05, 4.69) is 16.0 Å². The second-order valence-corrected chi connectivity index (χ2v) is 8.64. The molecule has 0 aromatic carbocycles. The fourth-order valence-corrected chi connectivity index (χ4v) is 3.43. The van der Waals surface area contributed by atoms with Crippen molar-refractivity contribution >= 4 is 17.8 Å². The Kier molecular flexibility index (Phi) is 19.9. The van der Waals surface area contributed by atoms with Gasteiger partial charge in [-0.1, -0.05) is 6.92 Å². The van der Waals surface area contributed by atoms with Crippen molar-refractivity contribution in [1.29, 1.82) is 0 Å². The minimum absolute atomic E-state index is 0.0494. The molecule has 2 amide bonds. The maximum absolute atomic E-state index is 12.3. The van der Waals surface area contributed by atoms with Gasteiger partial charge in [-0.25, -0.2) is 0 Å². The summed E-state index contributed by atoms with van der Waals surface area (Å²) in [6.45, 7) is 0.809. The van der Waals surface area contributed by atoms with Crippen LogP contribution in [0.1, 0.15) is 19.8 Å². The van der Waals surface area contributed by atoms with Gasteiger partial charge >= 0.3 is 5.97 Å². The van der Waals surface area contributed by atoms with E-state index in [4.69, 9.17) is 15.3 Å². The number of aliphatic hydroxyl groups excluding tert-OH is 6. The van der Waals surface area contributed by atoms with Crippen molar-refractivity contribution in [2.75, 3.05) is 78.8 Å². The first-order valence-corrected chi connectivity index (χ1v) is 12.3. The van der Waals surface area contributed by atoms with Gasteiger partial charge < -0.3 is 51.7 Å². The highest BCUT2D eigenvalue weighted by Crippen LogP contribution is 2.04. The molecule has 37 heavy (non-hydrogen) atoms. The Balaban J connectivity index is 5.00. The van der Waals surface area contributed by atoms with E-state index in [1.807, 2.05) is 6.92 Å². The highest BCUT2D eigenvalue weighted by Gasteiger charge is 2.23. The summed E-state index contributed by atoms with van der Waals surface area (Å²) in [5, 5.41) is 73.3. The number of carbonyl (C=O) groups is 3. The normalized spacial score (nSPS) is 14.8. The number of nitrogens with one attached hydrogen (secondary N) is 3. The van der Waals surface area contributed by atoms with Gasteiger partial charge in [0.1, 0.15) is 0 Å². The molecule has 4 unspecified atom stereocenters. The van der Waals surface area contributed by atoms with Crippen molar-refractivity contribution in [3.63, 3.8) is 0 Å². The molecule has 0 saturated carbocycles. The molecule has 4 atom stereocenters. The van der Waals surface area contributed by atoms with Gasteiger partial charge in [-0.05, 0) is 19.5 Å². The molecule has 10 N–H and O–H groups in total. The second kappa shape index (κ2) is 21.0. The molecule has 0 aliphatic rings. The molecular formula is C22H45N5O10. The van der Waals surface area contributed by atoms with Crippen molar-refractivity contribution in [3.05, 3.63) is 0 Å². The van der Waals surface area contributed by atoms with E-state index in [0.29, 0.717) is 6.54 Å². The smallest absolute Gasteiger partial charge is 0.303 e. The summed E-state index contributed by atoms with van der Waals surface area (Å²) in [6, 6.07) is -1.03. The number of amides is 2. The summed E-state index contributed by atoms with van der Waals surface area (Å²) in [6.07, 6.45) is -2.06. The van der Waals surface area contributed by atoms with Crippen LogP contribution in [0.2, 0.25) is 0 Å². The number of hydrogen-bond donors (Lipinski definition) is 10. The molecule has 0 aromatic rings. The molecule has 15 nitrogen and oxygen atoms in total. The van der Waals surface area contributed by atoms with Crippen LogP contribution >= 0.6 is 0 Å². The molecule has 0 fully saturated rings. The summed E-state index contributed by atoms with van der Waals surface area (Å²) in [7, 11) is 0. The largest absolute Gasteiger partial charge is 0.481 e. The summed E-state index contributed by atoms with van der Waals surface area (Å²) in [5.74, 6) is -1.85. The Morgan fingerprint density at radius 2 is 1.19 bits per heavy atom. The summed E-state index contributed by atoms with van der Waals surface area (Å²) in [4.78, 5) is 38.7. The first-order valence-electron chi connectivity index (χ1n) is 12.3. The molecule has 0 rings (SSSR count). The number of carboxylic acids is 1. The highest BCUT2D eigenvalue weighted by atomic mass is 16.4. The fraction of sp³-hybridized carbons (Fsp3) is 0.864. The van der Waals surface area contributed by atoms with E-state index < -0.39 is 49.4 Å². The third kappa shape index (κ3) is 16.5. The third-order valence-electron chi connectivity index (χ3n) is 5.64. The first-order chi connectivity index (χ1) is 17.6. The van der Waals surface area contributed by atoms with E-state index in [1.165, 1.54) is 0 Å². The molecule has 0 bridgehead atoms. The van der Waals surface area contributed by atoms with Gasteiger partial charge in [0.15, 0.2) is 0 Å². The minimum atomic E-state index is -1.11. The average Bonchev–Trinajstić information content (AvgIpc) is 2.88. The lowest BCUT2D eigenvalue weighted by Crippen LogP contribution is -2.53. The Bertz CT molecular complexity index is 645. The van der Waals surface area contributed by atoms with Gasteiger partial charge in [-0.3, -0.25) is 24.2 Å². The van der Waals surface area contributed by atoms with Crippen molar-refractivity contribution in [2.24, 2.45) is 0 Å². The van der Waals surface area contributed by atoms with Crippen molar-refractivity contribution in [2.45, 2.75) is 44.1 Å². The molecule has 0 aromatic heterocycles. The Morgan fingerprint density at radius 1 is 0.730 bits per heavy atom. The number of hydrogen-bond acceptors (Lipinski definition) is 12. The number of aliphatic carboxylic acids is 1. The molecule has 0 aliphatic heterocycles. The highest BCUT2D eigenvalue weighted by molar-refractivity contribution is 5.78. The number of likely N-dealkylation sites (N-methyl/N-ethyl adjacent to an activating group) is 1. The maximum Gasteiger partial charge on any atom is 0.303 e. The van der Waals surface area contributed by atoms with Crippen molar-refractivity contribution in [3.8, 4) is 0 Å². The summed E-state index contributed by atoms with van der Waals surface area (Å²) in [5.41, 5.74) is 0. The molecule has 15 heteroatoms. The topological polar surface area (TPSA) is 235 Å². The first kappa shape index (κ1) is 35.0. The molecule has 218 valence electrons. The molecule has 0 radical (unpaired) electrons. The predicted molar refractivity (Wildman–Crippen MR) is 133 cm³/mol. The molecule has 0 spiro atoms. The van der Waals surface area contributed by atoms with Gasteiger partial charge in [0.05, 0.1) is 51.7 Å². The number of carboxylic acid groups (broad SMARTS) is 1. The van der Waals surface area contributed by atoms with Crippen LogP contribution in [-0.2, 0) is 14.4 Å². The van der Waals surface area contributed by atoms with Crippen LogP contribution in [-0.4, -0.2) is 166 Å². The van der Waals surface area contributed by atoms with E-state index in [-0.39, 0.29) is 77.8 Å². The summed E-state index contributed by atoms with van der Waals surface area (Å²) >= 11 is 0. The predicted octanol–water partition coefficient (Wildman–Crippen LogP) is -5.27. The van der Waals surface area contributed by atoms with Crippen LogP contribution in [0.15, 0.2) is 0 Å². The lowest BCUT2D eigenvalue weighted by Gasteiger charge is -2.32. The Morgan fingerprint density at radius 3 is 1.59 bits per heavy atom. The Hall–Kier alpha value is -1.95. The van der Waals surface area contributed by atoms with Gasteiger partial charge in [-0.15, -0.1) is 0 Å². The molecule has 0 heterocycles. The lowest BCUT2D eigenvalue weighted by atomic mass is 10.2. The zero-order valence-electron chi connectivity index (χ0n) is 21.5. The van der Waals surface area contributed by atoms with Crippen LogP contribution in [0.3, 0.4) is 0 Å². The molecule has 0 saturated heterocycles. The quantitative estimate of drug-likeness (QED) is 0.0585. The van der Waals surface area contributed by atoms with Gasteiger partial charge in [-0.2, -0.15) is 0 Å². The van der Waals surface area contributed by atoms with E-state index in [0.717, 1.165) is 0 Å². The van der Waals surface area contributed by atoms with E-state index in [1.54, 1.807) is 9.80 Å². The molecular weight excluding hydrogens is 494 g/mol. The standard InChI is InChI=1S/C22H45N5O10/c1-2-26(10-20(34)24-8-18(32)14-30)16(12-28)6-23-7-17(13-29)27(5-3-4-22(36)37)11-21(35)25-9-19(33)15-31/h16-19,23,28-33H,2-15H2,1H3,(H,24,34)(H,25,35)(H,36,37).